The second-order valence-electron chi connectivity index (χ2n) is 6.39. The predicted molar refractivity (Wildman–Crippen MR) is 108 cm³/mol. The maximum atomic E-state index is 12.5. The Morgan fingerprint density at radius 2 is 1.57 bits per heavy atom. The lowest BCUT2D eigenvalue weighted by molar-refractivity contribution is -0.115. The molecule has 7 heteroatoms. The van der Waals surface area contributed by atoms with Crippen LogP contribution in [0.15, 0.2) is 36.4 Å². The number of rotatable bonds is 8. The van der Waals surface area contributed by atoms with Gasteiger partial charge in [0, 0.05) is 11.3 Å². The largest absolute Gasteiger partial charge is 0.493 e. The van der Waals surface area contributed by atoms with Crippen molar-refractivity contribution in [1.29, 1.82) is 0 Å². The van der Waals surface area contributed by atoms with Crippen LogP contribution in [0.5, 0.6) is 17.2 Å². The topological polar surface area (TPSA) is 85.9 Å². The SMILES string of the molecule is COc1cc(C(=O)NCC(=O)Nc2ccccc2C(C)C)cc(OC)c1OC. The van der Waals surface area contributed by atoms with Gasteiger partial charge < -0.3 is 24.8 Å². The fraction of sp³-hybridized carbons (Fsp3) is 0.333. The number of nitrogens with one attached hydrogen (secondary N) is 2. The van der Waals surface area contributed by atoms with Gasteiger partial charge >= 0.3 is 0 Å². The fourth-order valence-electron chi connectivity index (χ4n) is 2.78. The van der Waals surface area contributed by atoms with Crippen LogP contribution in [0.1, 0.15) is 35.7 Å². The van der Waals surface area contributed by atoms with Crippen LogP contribution in [0.2, 0.25) is 0 Å². The highest BCUT2D eigenvalue weighted by Crippen LogP contribution is 2.38. The lowest BCUT2D eigenvalue weighted by atomic mass is 10.0. The third-order valence-electron chi connectivity index (χ3n) is 4.19. The number of para-hydroxylation sites is 1. The van der Waals surface area contributed by atoms with Crippen LogP contribution in [0.3, 0.4) is 0 Å². The quantitative estimate of drug-likeness (QED) is 0.728. The highest BCUT2D eigenvalue weighted by atomic mass is 16.5. The summed E-state index contributed by atoms with van der Waals surface area (Å²) < 4.78 is 15.7. The first-order valence-electron chi connectivity index (χ1n) is 8.88. The predicted octanol–water partition coefficient (Wildman–Crippen LogP) is 3.20. The third-order valence-corrected chi connectivity index (χ3v) is 4.19. The van der Waals surface area contributed by atoms with E-state index in [9.17, 15) is 9.59 Å². The molecule has 0 radical (unpaired) electrons. The second kappa shape index (κ2) is 9.64. The van der Waals surface area contributed by atoms with E-state index < -0.39 is 5.91 Å². The number of hydrogen-bond acceptors (Lipinski definition) is 5. The van der Waals surface area contributed by atoms with E-state index in [0.717, 1.165) is 11.3 Å². The molecule has 7 nitrogen and oxygen atoms in total. The summed E-state index contributed by atoms with van der Waals surface area (Å²) >= 11 is 0. The normalized spacial score (nSPS) is 10.4. The van der Waals surface area contributed by atoms with Crippen LogP contribution in [-0.2, 0) is 4.79 Å². The summed E-state index contributed by atoms with van der Waals surface area (Å²) in [6.07, 6.45) is 0. The van der Waals surface area contributed by atoms with Crippen molar-refractivity contribution in [2.75, 3.05) is 33.2 Å². The van der Waals surface area contributed by atoms with Crippen molar-refractivity contribution in [3.8, 4) is 17.2 Å². The number of benzene rings is 2. The summed E-state index contributed by atoms with van der Waals surface area (Å²) in [7, 11) is 4.43. The number of hydrogen-bond donors (Lipinski definition) is 2. The number of amides is 2. The number of carbonyl (C=O) groups is 2. The zero-order valence-electron chi connectivity index (χ0n) is 16.8. The van der Waals surface area contributed by atoms with Crippen LogP contribution in [0, 0.1) is 0 Å². The molecule has 2 rings (SSSR count). The monoisotopic (exact) mass is 386 g/mol. The molecule has 0 aliphatic carbocycles. The molecule has 2 amide bonds. The van der Waals surface area contributed by atoms with Gasteiger partial charge in [0.15, 0.2) is 11.5 Å². The Morgan fingerprint density at radius 1 is 0.964 bits per heavy atom. The molecule has 2 aromatic rings. The first kappa shape index (κ1) is 21.1. The minimum absolute atomic E-state index is 0.165. The molecule has 0 aromatic heterocycles. The lowest BCUT2D eigenvalue weighted by Crippen LogP contribution is -2.33. The molecule has 28 heavy (non-hydrogen) atoms. The Labute approximate surface area is 165 Å². The van der Waals surface area contributed by atoms with E-state index in [0.29, 0.717) is 22.8 Å². The Morgan fingerprint density at radius 3 is 2.11 bits per heavy atom. The van der Waals surface area contributed by atoms with Crippen molar-refractivity contribution < 1.29 is 23.8 Å². The van der Waals surface area contributed by atoms with Gasteiger partial charge in [-0.3, -0.25) is 9.59 Å². The highest BCUT2D eigenvalue weighted by Gasteiger charge is 2.17. The van der Waals surface area contributed by atoms with E-state index in [1.165, 1.54) is 33.5 Å². The van der Waals surface area contributed by atoms with Crippen LogP contribution in [0.25, 0.3) is 0 Å². The van der Waals surface area contributed by atoms with E-state index in [2.05, 4.69) is 24.5 Å². The standard InChI is InChI=1S/C21H26N2O5/c1-13(2)15-8-6-7-9-16(15)23-19(24)12-22-21(25)14-10-17(26-3)20(28-5)18(11-14)27-4/h6-11,13H,12H2,1-5H3,(H,22,25)(H,23,24). The average molecular weight is 386 g/mol. The number of methoxy groups -OCH3 is 3. The van der Waals surface area contributed by atoms with E-state index >= 15 is 0 Å². The van der Waals surface area contributed by atoms with Gasteiger partial charge in [-0.05, 0) is 29.7 Å². The molecule has 2 N–H and O–H groups in total. The molecule has 0 saturated carbocycles. The fourth-order valence-corrected chi connectivity index (χ4v) is 2.78. The van der Waals surface area contributed by atoms with Gasteiger partial charge in [-0.1, -0.05) is 32.0 Å². The van der Waals surface area contributed by atoms with Crippen molar-refractivity contribution >= 4 is 17.5 Å². The molecule has 0 atom stereocenters. The molecule has 0 bridgehead atoms. The van der Waals surface area contributed by atoms with Gasteiger partial charge in [0.05, 0.1) is 27.9 Å². The van der Waals surface area contributed by atoms with Gasteiger partial charge in [0.2, 0.25) is 11.7 Å². The number of ether oxygens (including phenoxy) is 3. The van der Waals surface area contributed by atoms with Crippen molar-refractivity contribution in [1.82, 2.24) is 5.32 Å². The summed E-state index contributed by atoms with van der Waals surface area (Å²) in [5, 5.41) is 5.44. The Bertz CT molecular complexity index is 823. The summed E-state index contributed by atoms with van der Waals surface area (Å²) in [6.45, 7) is 3.94. The zero-order chi connectivity index (χ0) is 20.7. The van der Waals surface area contributed by atoms with Crippen LogP contribution >= 0.6 is 0 Å². The molecule has 0 spiro atoms. The van der Waals surface area contributed by atoms with Gasteiger partial charge in [-0.25, -0.2) is 0 Å². The first-order valence-corrected chi connectivity index (χ1v) is 8.88. The van der Waals surface area contributed by atoms with Crippen molar-refractivity contribution in [3.05, 3.63) is 47.5 Å². The maximum Gasteiger partial charge on any atom is 0.251 e. The Balaban J connectivity index is 2.07. The molecule has 150 valence electrons. The molecule has 0 fully saturated rings. The summed E-state index contributed by atoms with van der Waals surface area (Å²) in [4.78, 5) is 24.7. The molecule has 0 aliphatic rings. The number of carbonyl (C=O) groups excluding carboxylic acids is 2. The number of anilines is 1. The lowest BCUT2D eigenvalue weighted by Gasteiger charge is -2.15. The second-order valence-corrected chi connectivity index (χ2v) is 6.39. The van der Waals surface area contributed by atoms with Crippen LogP contribution in [-0.4, -0.2) is 39.7 Å². The molecule has 0 saturated heterocycles. The molecule has 0 heterocycles. The molecule has 0 unspecified atom stereocenters. The zero-order valence-corrected chi connectivity index (χ0v) is 16.8. The molecule has 0 aliphatic heterocycles. The van der Waals surface area contributed by atoms with Gasteiger partial charge in [0.1, 0.15) is 0 Å². The van der Waals surface area contributed by atoms with Gasteiger partial charge in [-0.2, -0.15) is 0 Å². The van der Waals surface area contributed by atoms with Crippen LogP contribution in [0.4, 0.5) is 5.69 Å². The molecular formula is C21H26N2O5. The summed E-state index contributed by atoms with van der Waals surface area (Å²) in [5.41, 5.74) is 2.07. The van der Waals surface area contributed by atoms with E-state index in [1.807, 2.05) is 24.3 Å². The smallest absolute Gasteiger partial charge is 0.251 e. The molecular weight excluding hydrogens is 360 g/mol. The van der Waals surface area contributed by atoms with Crippen molar-refractivity contribution in [2.24, 2.45) is 0 Å². The van der Waals surface area contributed by atoms with Gasteiger partial charge in [-0.15, -0.1) is 0 Å². The van der Waals surface area contributed by atoms with E-state index in [-0.39, 0.29) is 18.4 Å². The first-order chi connectivity index (χ1) is 13.4. The van der Waals surface area contributed by atoms with Crippen molar-refractivity contribution in [2.45, 2.75) is 19.8 Å². The van der Waals surface area contributed by atoms with E-state index in [4.69, 9.17) is 14.2 Å². The minimum Gasteiger partial charge on any atom is -0.493 e. The molecule has 2 aromatic carbocycles. The summed E-state index contributed by atoms with van der Waals surface area (Å²) in [6, 6.07) is 10.7. The minimum atomic E-state index is -0.424. The average Bonchev–Trinajstić information content (AvgIpc) is 2.70. The maximum absolute atomic E-state index is 12.5. The van der Waals surface area contributed by atoms with E-state index in [1.54, 1.807) is 0 Å². The Kier molecular flexibility index (Phi) is 7.26. The van der Waals surface area contributed by atoms with Crippen molar-refractivity contribution in [3.63, 3.8) is 0 Å². The summed E-state index contributed by atoms with van der Waals surface area (Å²) in [5.74, 6) is 0.653. The third kappa shape index (κ3) is 4.94. The van der Waals surface area contributed by atoms with Gasteiger partial charge in [0.25, 0.3) is 5.91 Å². The highest BCUT2D eigenvalue weighted by molar-refractivity contribution is 6.00. The Hall–Kier alpha value is -3.22. The van der Waals surface area contributed by atoms with Crippen LogP contribution < -0.4 is 24.8 Å².